The van der Waals surface area contributed by atoms with E-state index in [0.717, 1.165) is 18.9 Å². The number of carbonyl (C=O) groups is 1. The number of alkyl carbamates (subject to hydrolysis) is 1. The summed E-state index contributed by atoms with van der Waals surface area (Å²) in [5, 5.41) is 2.91. The van der Waals surface area contributed by atoms with Crippen molar-refractivity contribution < 1.29 is 22.7 Å². The van der Waals surface area contributed by atoms with Crippen molar-refractivity contribution in [3.63, 3.8) is 0 Å². The van der Waals surface area contributed by atoms with Crippen LogP contribution in [-0.4, -0.2) is 30.8 Å². The summed E-state index contributed by atoms with van der Waals surface area (Å²) in [4.78, 5) is 13.9. The summed E-state index contributed by atoms with van der Waals surface area (Å²) < 4.78 is 45.2. The van der Waals surface area contributed by atoms with E-state index in [1.54, 1.807) is 31.7 Å². The minimum atomic E-state index is -4.37. The third-order valence-corrected chi connectivity index (χ3v) is 5.11. The second-order valence-corrected chi connectivity index (χ2v) is 8.17. The first-order valence-electron chi connectivity index (χ1n) is 8.95. The molecular formula is C19H25F3N2O2. The zero-order valence-corrected chi connectivity index (χ0v) is 15.3. The van der Waals surface area contributed by atoms with Crippen molar-refractivity contribution in [2.24, 2.45) is 11.8 Å². The van der Waals surface area contributed by atoms with Crippen LogP contribution >= 0.6 is 0 Å². The van der Waals surface area contributed by atoms with Gasteiger partial charge in [0.2, 0.25) is 0 Å². The maximum atomic E-state index is 13.3. The number of ether oxygens (including phenoxy) is 1. The predicted molar refractivity (Wildman–Crippen MR) is 93.0 cm³/mol. The predicted octanol–water partition coefficient (Wildman–Crippen LogP) is 4.44. The van der Waals surface area contributed by atoms with Gasteiger partial charge < -0.3 is 15.0 Å². The van der Waals surface area contributed by atoms with Crippen molar-refractivity contribution in [2.45, 2.75) is 51.4 Å². The lowest BCUT2D eigenvalue weighted by atomic mass is 9.98. The van der Waals surface area contributed by atoms with Crippen molar-refractivity contribution in [3.05, 3.63) is 29.8 Å². The number of hydrogen-bond donors (Lipinski definition) is 1. The number of halogens is 3. The van der Waals surface area contributed by atoms with Gasteiger partial charge in [0.15, 0.2) is 0 Å². The Morgan fingerprint density at radius 1 is 1.15 bits per heavy atom. The summed E-state index contributed by atoms with van der Waals surface area (Å²) in [5.41, 5.74) is -0.947. The van der Waals surface area contributed by atoms with Gasteiger partial charge in [-0.3, -0.25) is 0 Å². The highest BCUT2D eigenvalue weighted by Gasteiger charge is 2.45. The Labute approximate surface area is 151 Å². The smallest absolute Gasteiger partial charge is 0.418 e. The van der Waals surface area contributed by atoms with Crippen LogP contribution in [0.2, 0.25) is 0 Å². The number of carbonyl (C=O) groups excluding carboxylic acids is 1. The minimum absolute atomic E-state index is 0.0575. The second-order valence-electron chi connectivity index (χ2n) is 8.17. The SMILES string of the molecule is CC(C)(C)OC(=O)N[C@H]1CC[C@@H]2CN(c3ccccc3C(F)(F)F)C[C@@H]21. The van der Waals surface area contributed by atoms with Gasteiger partial charge in [0.05, 0.1) is 5.56 Å². The number of benzene rings is 1. The van der Waals surface area contributed by atoms with E-state index in [9.17, 15) is 18.0 Å². The average Bonchev–Trinajstić information content (AvgIpc) is 3.06. The minimum Gasteiger partial charge on any atom is -0.444 e. The number of fused-ring (bicyclic) bond motifs is 1. The molecule has 1 aliphatic carbocycles. The molecule has 1 heterocycles. The maximum Gasteiger partial charge on any atom is 0.418 e. The Hall–Kier alpha value is -1.92. The normalized spacial score (nSPS) is 25.9. The molecule has 0 aromatic heterocycles. The maximum absolute atomic E-state index is 13.3. The van der Waals surface area contributed by atoms with Crippen LogP contribution in [0.5, 0.6) is 0 Å². The molecule has 1 aromatic carbocycles. The van der Waals surface area contributed by atoms with Crippen LogP contribution in [-0.2, 0) is 10.9 Å². The number of rotatable bonds is 2. The fourth-order valence-electron chi connectivity index (χ4n) is 4.09. The lowest BCUT2D eigenvalue weighted by Gasteiger charge is -2.26. The van der Waals surface area contributed by atoms with E-state index < -0.39 is 23.4 Å². The molecule has 0 spiro atoms. The molecule has 1 saturated heterocycles. The first kappa shape index (κ1) is 18.9. The molecule has 1 saturated carbocycles. The molecule has 1 N–H and O–H groups in total. The van der Waals surface area contributed by atoms with Gasteiger partial charge in [-0.05, 0) is 51.7 Å². The van der Waals surface area contributed by atoms with E-state index >= 15 is 0 Å². The molecule has 3 rings (SSSR count). The Morgan fingerprint density at radius 3 is 2.50 bits per heavy atom. The number of para-hydroxylation sites is 1. The largest absolute Gasteiger partial charge is 0.444 e. The van der Waals surface area contributed by atoms with Crippen molar-refractivity contribution in [2.75, 3.05) is 18.0 Å². The van der Waals surface area contributed by atoms with Crippen molar-refractivity contribution in [1.82, 2.24) is 5.32 Å². The molecule has 26 heavy (non-hydrogen) atoms. The van der Waals surface area contributed by atoms with Crippen LogP contribution in [0.3, 0.4) is 0 Å². The van der Waals surface area contributed by atoms with E-state index in [1.165, 1.54) is 12.1 Å². The molecule has 1 amide bonds. The topological polar surface area (TPSA) is 41.6 Å². The lowest BCUT2D eigenvalue weighted by molar-refractivity contribution is -0.137. The molecule has 0 radical (unpaired) electrons. The molecule has 1 aromatic rings. The summed E-state index contributed by atoms with van der Waals surface area (Å²) in [5.74, 6) is 0.431. The van der Waals surface area contributed by atoms with E-state index in [-0.39, 0.29) is 23.6 Å². The Kier molecular flexibility index (Phi) is 4.84. The van der Waals surface area contributed by atoms with Crippen LogP contribution in [0.4, 0.5) is 23.7 Å². The van der Waals surface area contributed by atoms with Gasteiger partial charge in [-0.1, -0.05) is 12.1 Å². The first-order chi connectivity index (χ1) is 12.0. The molecule has 4 nitrogen and oxygen atoms in total. The van der Waals surface area contributed by atoms with Gasteiger partial charge in [-0.15, -0.1) is 0 Å². The third-order valence-electron chi connectivity index (χ3n) is 5.11. The average molecular weight is 370 g/mol. The zero-order valence-electron chi connectivity index (χ0n) is 15.3. The lowest BCUT2D eigenvalue weighted by Crippen LogP contribution is -2.42. The van der Waals surface area contributed by atoms with Crippen LogP contribution in [0.15, 0.2) is 24.3 Å². The summed E-state index contributed by atoms with van der Waals surface area (Å²) in [6.45, 7) is 6.50. The van der Waals surface area contributed by atoms with E-state index in [1.807, 2.05) is 0 Å². The third kappa shape index (κ3) is 4.07. The Bertz CT molecular complexity index is 669. The van der Waals surface area contributed by atoms with Crippen LogP contribution in [0.25, 0.3) is 0 Å². The first-order valence-corrected chi connectivity index (χ1v) is 8.95. The number of hydrogen-bond acceptors (Lipinski definition) is 3. The zero-order chi connectivity index (χ0) is 19.1. The Balaban J connectivity index is 1.70. The summed E-state index contributed by atoms with van der Waals surface area (Å²) in [6.07, 6.45) is -3.10. The highest BCUT2D eigenvalue weighted by atomic mass is 19.4. The molecule has 144 valence electrons. The summed E-state index contributed by atoms with van der Waals surface area (Å²) in [6, 6.07) is 5.64. The van der Waals surface area contributed by atoms with E-state index in [0.29, 0.717) is 13.1 Å². The van der Waals surface area contributed by atoms with Gasteiger partial charge >= 0.3 is 12.3 Å². The number of nitrogens with zero attached hydrogens (tertiary/aromatic N) is 1. The summed E-state index contributed by atoms with van der Waals surface area (Å²) >= 11 is 0. The van der Waals surface area contributed by atoms with Crippen LogP contribution in [0, 0.1) is 11.8 Å². The van der Waals surface area contributed by atoms with Gasteiger partial charge in [-0.25, -0.2) is 4.79 Å². The number of alkyl halides is 3. The molecule has 3 atom stereocenters. The highest BCUT2D eigenvalue weighted by molar-refractivity contribution is 5.68. The molecule has 2 aliphatic rings. The number of anilines is 1. The molecular weight excluding hydrogens is 345 g/mol. The fraction of sp³-hybridized carbons (Fsp3) is 0.632. The molecule has 2 fully saturated rings. The molecule has 1 aliphatic heterocycles. The quantitative estimate of drug-likeness (QED) is 0.837. The standard InChI is InChI=1S/C19H25F3N2O2/c1-18(2,3)26-17(25)23-15-9-8-12-10-24(11-13(12)15)16-7-5-4-6-14(16)19(20,21)22/h4-7,12-13,15H,8-11H2,1-3H3,(H,23,25)/t12-,13+,15+/m1/s1. The fourth-order valence-corrected chi connectivity index (χ4v) is 4.09. The van der Waals surface area contributed by atoms with E-state index in [2.05, 4.69) is 5.32 Å². The molecule has 0 unspecified atom stereocenters. The second kappa shape index (κ2) is 6.67. The van der Waals surface area contributed by atoms with Crippen molar-refractivity contribution >= 4 is 11.8 Å². The van der Waals surface area contributed by atoms with Gasteiger partial charge in [0.25, 0.3) is 0 Å². The van der Waals surface area contributed by atoms with Gasteiger partial charge in [0, 0.05) is 30.7 Å². The van der Waals surface area contributed by atoms with Gasteiger partial charge in [0.1, 0.15) is 5.60 Å². The Morgan fingerprint density at radius 2 is 1.85 bits per heavy atom. The molecule has 0 bridgehead atoms. The van der Waals surface area contributed by atoms with Crippen molar-refractivity contribution in [1.29, 1.82) is 0 Å². The van der Waals surface area contributed by atoms with Crippen molar-refractivity contribution in [3.8, 4) is 0 Å². The van der Waals surface area contributed by atoms with Gasteiger partial charge in [-0.2, -0.15) is 13.2 Å². The van der Waals surface area contributed by atoms with E-state index in [4.69, 9.17) is 4.74 Å². The number of amides is 1. The van der Waals surface area contributed by atoms with Crippen LogP contribution in [0.1, 0.15) is 39.2 Å². The highest BCUT2D eigenvalue weighted by Crippen LogP contribution is 2.43. The summed E-state index contributed by atoms with van der Waals surface area (Å²) in [7, 11) is 0. The molecule has 7 heteroatoms. The number of nitrogens with one attached hydrogen (secondary N) is 1. The van der Waals surface area contributed by atoms with Crippen LogP contribution < -0.4 is 10.2 Å². The monoisotopic (exact) mass is 370 g/mol.